The summed E-state index contributed by atoms with van der Waals surface area (Å²) in [6, 6.07) is 6.86. The van der Waals surface area contributed by atoms with Crippen molar-refractivity contribution in [2.75, 3.05) is 6.54 Å². The number of aryl methyl sites for hydroxylation is 2. The molecule has 0 aliphatic heterocycles. The van der Waals surface area contributed by atoms with Crippen molar-refractivity contribution in [2.45, 2.75) is 31.3 Å². The number of hydrogen-bond donors (Lipinski definition) is 2. The van der Waals surface area contributed by atoms with Crippen LogP contribution < -0.4 is 4.72 Å². The first kappa shape index (κ1) is 16.7. The van der Waals surface area contributed by atoms with Crippen molar-refractivity contribution >= 4 is 10.0 Å². The van der Waals surface area contributed by atoms with Crippen LogP contribution >= 0.6 is 0 Å². The minimum atomic E-state index is -3.93. The van der Waals surface area contributed by atoms with E-state index in [9.17, 15) is 17.9 Å². The van der Waals surface area contributed by atoms with Gasteiger partial charge in [-0.2, -0.15) is 0 Å². The van der Waals surface area contributed by atoms with Crippen molar-refractivity contribution < 1.29 is 22.3 Å². The third-order valence-electron chi connectivity index (χ3n) is 3.27. The van der Waals surface area contributed by atoms with Gasteiger partial charge < -0.3 is 9.52 Å². The molecule has 120 valence electrons. The molecule has 1 aromatic carbocycles. The Morgan fingerprint density at radius 1 is 1.32 bits per heavy atom. The van der Waals surface area contributed by atoms with E-state index in [1.54, 1.807) is 19.9 Å². The summed E-state index contributed by atoms with van der Waals surface area (Å²) in [5, 5.41) is 10.1. The average molecular weight is 327 g/mol. The summed E-state index contributed by atoms with van der Waals surface area (Å²) in [6.07, 6.45) is -0.686. The van der Waals surface area contributed by atoms with Gasteiger partial charge in [-0.3, -0.25) is 0 Å². The summed E-state index contributed by atoms with van der Waals surface area (Å²) in [6.45, 7) is 3.49. The minimum absolute atomic E-state index is 0.0124. The van der Waals surface area contributed by atoms with E-state index in [0.29, 0.717) is 17.1 Å². The molecule has 2 rings (SSSR count). The lowest BCUT2D eigenvalue weighted by Crippen LogP contribution is -2.26. The number of rotatable bonds is 6. The van der Waals surface area contributed by atoms with Gasteiger partial charge in [0.25, 0.3) is 0 Å². The van der Waals surface area contributed by atoms with Crippen LogP contribution in [-0.2, 0) is 10.0 Å². The lowest BCUT2D eigenvalue weighted by atomic mass is 10.1. The lowest BCUT2D eigenvalue weighted by Gasteiger charge is -2.11. The Labute approximate surface area is 128 Å². The van der Waals surface area contributed by atoms with Crippen molar-refractivity contribution in [2.24, 2.45) is 0 Å². The standard InChI is InChI=1S/C15H18FNO4S/c1-10-9-12(11(2)21-10)14(18)7-8-17-22(19,20)15-6-4-3-5-13(15)16/h3-6,9,14,17-18H,7-8H2,1-2H3. The third-order valence-corrected chi connectivity index (χ3v) is 4.77. The van der Waals surface area contributed by atoms with Crippen LogP contribution in [0.2, 0.25) is 0 Å². The molecule has 0 aliphatic carbocycles. The zero-order valence-corrected chi connectivity index (χ0v) is 13.2. The maximum atomic E-state index is 13.5. The molecule has 1 atom stereocenters. The molecule has 0 bridgehead atoms. The number of sulfonamides is 1. The molecule has 5 nitrogen and oxygen atoms in total. The van der Waals surface area contributed by atoms with Crippen LogP contribution in [0.1, 0.15) is 29.6 Å². The van der Waals surface area contributed by atoms with E-state index in [-0.39, 0.29) is 13.0 Å². The van der Waals surface area contributed by atoms with Gasteiger partial charge in [0, 0.05) is 12.1 Å². The zero-order valence-electron chi connectivity index (χ0n) is 12.3. The van der Waals surface area contributed by atoms with Crippen molar-refractivity contribution in [3.63, 3.8) is 0 Å². The first-order valence-electron chi connectivity index (χ1n) is 6.80. The van der Waals surface area contributed by atoms with Gasteiger partial charge >= 0.3 is 0 Å². The van der Waals surface area contributed by atoms with E-state index in [4.69, 9.17) is 4.42 Å². The summed E-state index contributed by atoms with van der Waals surface area (Å²) in [7, 11) is -3.93. The van der Waals surface area contributed by atoms with Crippen LogP contribution in [0.5, 0.6) is 0 Å². The van der Waals surface area contributed by atoms with Gasteiger partial charge in [0.2, 0.25) is 10.0 Å². The predicted molar refractivity (Wildman–Crippen MR) is 79.3 cm³/mol. The smallest absolute Gasteiger partial charge is 0.243 e. The maximum Gasteiger partial charge on any atom is 0.243 e. The highest BCUT2D eigenvalue weighted by molar-refractivity contribution is 7.89. The average Bonchev–Trinajstić information content (AvgIpc) is 2.77. The largest absolute Gasteiger partial charge is 0.466 e. The number of nitrogens with one attached hydrogen (secondary N) is 1. The molecule has 0 saturated heterocycles. The van der Waals surface area contributed by atoms with Gasteiger partial charge in [0.05, 0.1) is 6.10 Å². The van der Waals surface area contributed by atoms with E-state index in [1.807, 2.05) is 0 Å². The van der Waals surface area contributed by atoms with E-state index in [1.165, 1.54) is 18.2 Å². The second-order valence-electron chi connectivity index (χ2n) is 5.00. The van der Waals surface area contributed by atoms with Gasteiger partial charge in [-0.1, -0.05) is 12.1 Å². The molecule has 0 fully saturated rings. The number of furan rings is 1. The fourth-order valence-corrected chi connectivity index (χ4v) is 3.33. The fourth-order valence-electron chi connectivity index (χ4n) is 2.21. The first-order valence-corrected chi connectivity index (χ1v) is 8.29. The quantitative estimate of drug-likeness (QED) is 0.854. The highest BCUT2D eigenvalue weighted by Crippen LogP contribution is 2.23. The van der Waals surface area contributed by atoms with E-state index in [0.717, 1.165) is 6.07 Å². The minimum Gasteiger partial charge on any atom is -0.466 e. The van der Waals surface area contributed by atoms with Crippen LogP contribution in [-0.4, -0.2) is 20.1 Å². The number of aliphatic hydroxyl groups excluding tert-OH is 1. The summed E-state index contributed by atoms with van der Waals surface area (Å²) in [4.78, 5) is -0.403. The molecule has 2 aromatic rings. The van der Waals surface area contributed by atoms with E-state index < -0.39 is 26.8 Å². The molecule has 0 amide bonds. The summed E-state index contributed by atoms with van der Waals surface area (Å²) >= 11 is 0. The molecular weight excluding hydrogens is 309 g/mol. The monoisotopic (exact) mass is 327 g/mol. The van der Waals surface area contributed by atoms with Crippen LogP contribution in [0.15, 0.2) is 39.6 Å². The molecule has 7 heteroatoms. The predicted octanol–water partition coefficient (Wildman–Crippen LogP) is 2.44. The normalized spacial score (nSPS) is 13.3. The second-order valence-corrected chi connectivity index (χ2v) is 6.74. The molecule has 0 saturated carbocycles. The van der Waals surface area contributed by atoms with Crippen molar-refractivity contribution in [3.8, 4) is 0 Å². The van der Waals surface area contributed by atoms with Crippen LogP contribution in [0, 0.1) is 19.7 Å². The maximum absolute atomic E-state index is 13.5. The Morgan fingerprint density at radius 2 is 2.00 bits per heavy atom. The van der Waals surface area contributed by atoms with E-state index >= 15 is 0 Å². The molecule has 1 unspecified atom stereocenters. The molecular formula is C15H18FNO4S. The Morgan fingerprint density at radius 3 is 2.59 bits per heavy atom. The second kappa shape index (κ2) is 6.60. The molecule has 22 heavy (non-hydrogen) atoms. The first-order chi connectivity index (χ1) is 10.3. The van der Waals surface area contributed by atoms with Gasteiger partial charge in [-0.05, 0) is 38.5 Å². The lowest BCUT2D eigenvalue weighted by molar-refractivity contribution is 0.167. The zero-order chi connectivity index (χ0) is 16.3. The number of halogens is 1. The third kappa shape index (κ3) is 3.73. The van der Waals surface area contributed by atoms with Crippen LogP contribution in [0.3, 0.4) is 0 Å². The highest BCUT2D eigenvalue weighted by Gasteiger charge is 2.19. The Balaban J connectivity index is 1.99. The summed E-state index contributed by atoms with van der Waals surface area (Å²) < 4.78 is 45.1. The highest BCUT2D eigenvalue weighted by atomic mass is 32.2. The molecule has 0 aliphatic rings. The van der Waals surface area contributed by atoms with Gasteiger partial charge in [0.1, 0.15) is 22.2 Å². The van der Waals surface area contributed by atoms with Gasteiger partial charge in [-0.25, -0.2) is 17.5 Å². The van der Waals surface area contributed by atoms with Crippen molar-refractivity contribution in [1.82, 2.24) is 4.72 Å². The Kier molecular flexibility index (Phi) is 5.00. The van der Waals surface area contributed by atoms with Gasteiger partial charge in [-0.15, -0.1) is 0 Å². The molecule has 1 aromatic heterocycles. The molecule has 0 radical (unpaired) electrons. The van der Waals surface area contributed by atoms with Crippen LogP contribution in [0.25, 0.3) is 0 Å². The molecule has 1 heterocycles. The topological polar surface area (TPSA) is 79.5 Å². The van der Waals surface area contributed by atoms with Gasteiger partial charge in [0.15, 0.2) is 0 Å². The Hall–Kier alpha value is -1.70. The SMILES string of the molecule is Cc1cc(C(O)CCNS(=O)(=O)c2ccccc2F)c(C)o1. The van der Waals surface area contributed by atoms with Crippen molar-refractivity contribution in [1.29, 1.82) is 0 Å². The number of aliphatic hydroxyl groups is 1. The van der Waals surface area contributed by atoms with E-state index in [2.05, 4.69) is 4.72 Å². The molecule has 2 N–H and O–H groups in total. The number of benzene rings is 1. The summed E-state index contributed by atoms with van der Waals surface area (Å²) in [5.74, 6) is 0.470. The van der Waals surface area contributed by atoms with Crippen LogP contribution in [0.4, 0.5) is 4.39 Å². The number of hydrogen-bond acceptors (Lipinski definition) is 4. The molecule has 0 spiro atoms. The summed E-state index contributed by atoms with van der Waals surface area (Å²) in [5.41, 5.74) is 0.627. The Bertz CT molecular complexity index is 755. The fraction of sp³-hybridized carbons (Fsp3) is 0.333. The van der Waals surface area contributed by atoms with Crippen molar-refractivity contribution in [3.05, 3.63) is 53.2 Å².